The van der Waals surface area contributed by atoms with Crippen molar-refractivity contribution in [3.05, 3.63) is 65.7 Å². The largest absolute Gasteiger partial charge is 0.491 e. The van der Waals surface area contributed by atoms with E-state index in [0.29, 0.717) is 32.6 Å². The molecule has 3 rings (SSSR count). The van der Waals surface area contributed by atoms with Crippen molar-refractivity contribution >= 4 is 11.9 Å². The van der Waals surface area contributed by atoms with Gasteiger partial charge in [0, 0.05) is 25.5 Å². The van der Waals surface area contributed by atoms with Gasteiger partial charge in [-0.05, 0) is 68.8 Å². The van der Waals surface area contributed by atoms with Crippen LogP contribution in [0.25, 0.3) is 0 Å². The Bertz CT molecular complexity index is 913. The number of carboxylic acid groups (broad SMARTS) is 1. The van der Waals surface area contributed by atoms with Crippen LogP contribution < -0.4 is 10.5 Å². The van der Waals surface area contributed by atoms with Crippen LogP contribution in [0.15, 0.2) is 54.6 Å². The summed E-state index contributed by atoms with van der Waals surface area (Å²) < 4.78 is 12.4. The lowest BCUT2D eigenvalue weighted by atomic mass is 9.96. The molecule has 1 aliphatic rings. The number of para-hydroxylation sites is 1. The lowest BCUT2D eigenvalue weighted by Gasteiger charge is -2.33. The number of benzene rings is 2. The van der Waals surface area contributed by atoms with Crippen molar-refractivity contribution in [2.45, 2.75) is 51.0 Å². The lowest BCUT2D eigenvalue weighted by Crippen LogP contribution is -2.44. The minimum atomic E-state index is -0.783. The molecule has 0 spiro atoms. The molecule has 1 amide bonds. The normalized spacial score (nSPS) is 15.5. The Morgan fingerprint density at radius 2 is 1.71 bits per heavy atom. The number of aryl methyl sites for hydroxylation is 2. The van der Waals surface area contributed by atoms with Gasteiger partial charge in [0.2, 0.25) is 5.91 Å². The molecule has 35 heavy (non-hydrogen) atoms. The van der Waals surface area contributed by atoms with Crippen LogP contribution in [0.5, 0.6) is 5.75 Å². The number of aliphatic carboxylic acids is 1. The fraction of sp³-hybridized carbons (Fsp3) is 0.500. The zero-order valence-corrected chi connectivity index (χ0v) is 20.4. The van der Waals surface area contributed by atoms with Crippen LogP contribution in [0.3, 0.4) is 0 Å². The van der Waals surface area contributed by atoms with Crippen LogP contribution in [-0.4, -0.2) is 60.8 Å². The number of carbonyl (C=O) groups is 2. The third-order valence-electron chi connectivity index (χ3n) is 6.51. The number of carboxylic acids is 1. The van der Waals surface area contributed by atoms with Crippen molar-refractivity contribution in [2.24, 2.45) is 11.7 Å². The molecule has 190 valence electrons. The topological polar surface area (TPSA) is 102 Å². The van der Waals surface area contributed by atoms with Gasteiger partial charge < -0.3 is 25.2 Å². The quantitative estimate of drug-likeness (QED) is 0.376. The Kier molecular flexibility index (Phi) is 11.1. The number of carbonyl (C=O) groups excluding carboxylic acids is 1. The molecule has 0 aromatic heterocycles. The van der Waals surface area contributed by atoms with Crippen LogP contribution in [0.2, 0.25) is 0 Å². The number of likely N-dealkylation sites (tertiary alicyclic amines) is 1. The van der Waals surface area contributed by atoms with Gasteiger partial charge in [0.1, 0.15) is 18.5 Å². The van der Waals surface area contributed by atoms with Gasteiger partial charge in [-0.25, -0.2) is 0 Å². The first-order chi connectivity index (χ1) is 17.0. The Morgan fingerprint density at radius 3 is 2.43 bits per heavy atom. The summed E-state index contributed by atoms with van der Waals surface area (Å²) in [6.07, 6.45) is 4.66. The predicted octanol–water partition coefficient (Wildman–Crippen LogP) is 3.69. The molecule has 3 N–H and O–H groups in total. The lowest BCUT2D eigenvalue weighted by molar-refractivity contribution is -0.137. The molecule has 1 atom stereocenters. The standard InChI is InChI=1S/C28H38N2O5/c29-28(33)24-15-17-30(18-16-24)20-25(34-19-7-6-12-27(31)32)21-35-26-11-5-4-10-23(26)14-13-22-8-2-1-3-9-22/h1-5,8-11,24-25H,6-7,12-21H2,(H2,29,33)(H,31,32). The minimum Gasteiger partial charge on any atom is -0.491 e. The van der Waals surface area contributed by atoms with E-state index in [1.807, 2.05) is 24.3 Å². The van der Waals surface area contributed by atoms with Gasteiger partial charge in [0.05, 0.1) is 0 Å². The summed E-state index contributed by atoms with van der Waals surface area (Å²) in [5, 5.41) is 8.85. The first kappa shape index (κ1) is 26.7. The fourth-order valence-corrected chi connectivity index (χ4v) is 4.43. The highest BCUT2D eigenvalue weighted by Crippen LogP contribution is 2.22. The van der Waals surface area contributed by atoms with E-state index in [-0.39, 0.29) is 24.3 Å². The summed E-state index contributed by atoms with van der Waals surface area (Å²) >= 11 is 0. The molecule has 7 heteroatoms. The molecule has 1 aliphatic heterocycles. The van der Waals surface area contributed by atoms with Gasteiger partial charge in [-0.3, -0.25) is 9.59 Å². The second-order valence-corrected chi connectivity index (χ2v) is 9.23. The van der Waals surface area contributed by atoms with E-state index < -0.39 is 5.97 Å². The van der Waals surface area contributed by atoms with Gasteiger partial charge in [-0.15, -0.1) is 0 Å². The van der Waals surface area contributed by atoms with Crippen LogP contribution in [-0.2, 0) is 27.2 Å². The van der Waals surface area contributed by atoms with E-state index in [9.17, 15) is 9.59 Å². The molecule has 2 aromatic rings. The summed E-state index contributed by atoms with van der Waals surface area (Å²) in [6.45, 7) is 3.22. The van der Waals surface area contributed by atoms with Gasteiger partial charge in [0.25, 0.3) is 0 Å². The van der Waals surface area contributed by atoms with Crippen molar-refractivity contribution in [1.29, 1.82) is 0 Å². The zero-order chi connectivity index (χ0) is 24.9. The van der Waals surface area contributed by atoms with Crippen molar-refractivity contribution in [3.8, 4) is 5.75 Å². The summed E-state index contributed by atoms with van der Waals surface area (Å²) in [5.74, 6) is -0.176. The summed E-state index contributed by atoms with van der Waals surface area (Å²) in [7, 11) is 0. The number of amides is 1. The molecule has 2 aromatic carbocycles. The molecule has 0 saturated carbocycles. The van der Waals surface area contributed by atoms with Crippen LogP contribution in [0.4, 0.5) is 0 Å². The maximum absolute atomic E-state index is 11.5. The SMILES string of the molecule is NC(=O)C1CCN(CC(COc2ccccc2CCc2ccccc2)OCCCCC(=O)O)CC1. The Morgan fingerprint density at radius 1 is 1.00 bits per heavy atom. The van der Waals surface area contributed by atoms with Crippen molar-refractivity contribution in [3.63, 3.8) is 0 Å². The summed E-state index contributed by atoms with van der Waals surface area (Å²) in [5.41, 5.74) is 7.93. The highest BCUT2D eigenvalue weighted by molar-refractivity contribution is 5.76. The van der Waals surface area contributed by atoms with E-state index >= 15 is 0 Å². The number of nitrogens with zero attached hydrogens (tertiary/aromatic N) is 1. The van der Waals surface area contributed by atoms with Gasteiger partial charge in [0.15, 0.2) is 0 Å². The van der Waals surface area contributed by atoms with Crippen LogP contribution in [0, 0.1) is 5.92 Å². The molecule has 7 nitrogen and oxygen atoms in total. The van der Waals surface area contributed by atoms with Crippen molar-refractivity contribution in [2.75, 3.05) is 32.8 Å². The molecule has 1 fully saturated rings. The van der Waals surface area contributed by atoms with E-state index in [0.717, 1.165) is 44.5 Å². The Balaban J connectivity index is 1.55. The molecule has 0 aliphatic carbocycles. The number of hydrogen-bond donors (Lipinski definition) is 2. The first-order valence-electron chi connectivity index (χ1n) is 12.6. The van der Waals surface area contributed by atoms with Crippen LogP contribution >= 0.6 is 0 Å². The number of piperidine rings is 1. The van der Waals surface area contributed by atoms with Gasteiger partial charge in [-0.2, -0.15) is 0 Å². The number of ether oxygens (including phenoxy) is 2. The van der Waals surface area contributed by atoms with Gasteiger partial charge >= 0.3 is 5.97 Å². The third-order valence-corrected chi connectivity index (χ3v) is 6.51. The number of nitrogens with two attached hydrogens (primary N) is 1. The number of unbranched alkanes of at least 4 members (excludes halogenated alkanes) is 1. The highest BCUT2D eigenvalue weighted by atomic mass is 16.5. The van der Waals surface area contributed by atoms with Gasteiger partial charge in [-0.1, -0.05) is 48.5 Å². The van der Waals surface area contributed by atoms with Crippen LogP contribution in [0.1, 0.15) is 43.2 Å². The molecule has 1 heterocycles. The fourth-order valence-electron chi connectivity index (χ4n) is 4.43. The molecule has 0 radical (unpaired) electrons. The van der Waals surface area contributed by atoms with Crippen molar-refractivity contribution < 1.29 is 24.2 Å². The first-order valence-corrected chi connectivity index (χ1v) is 12.6. The molecular formula is C28H38N2O5. The van der Waals surface area contributed by atoms with E-state index in [1.165, 1.54) is 11.1 Å². The Hall–Kier alpha value is -2.90. The second-order valence-electron chi connectivity index (χ2n) is 9.23. The minimum absolute atomic E-state index is 0.0469. The van der Waals surface area contributed by atoms with E-state index in [1.54, 1.807) is 0 Å². The highest BCUT2D eigenvalue weighted by Gasteiger charge is 2.25. The number of hydrogen-bond acceptors (Lipinski definition) is 5. The molecular weight excluding hydrogens is 444 g/mol. The Labute approximate surface area is 208 Å². The zero-order valence-electron chi connectivity index (χ0n) is 20.4. The number of primary amides is 1. The average Bonchev–Trinajstić information content (AvgIpc) is 2.87. The second kappa shape index (κ2) is 14.5. The predicted molar refractivity (Wildman–Crippen MR) is 135 cm³/mol. The molecule has 1 saturated heterocycles. The molecule has 1 unspecified atom stereocenters. The smallest absolute Gasteiger partial charge is 0.303 e. The monoisotopic (exact) mass is 482 g/mol. The van der Waals surface area contributed by atoms with E-state index in [4.69, 9.17) is 20.3 Å². The summed E-state index contributed by atoms with van der Waals surface area (Å²) in [6, 6.07) is 18.5. The van der Waals surface area contributed by atoms with E-state index in [2.05, 4.69) is 35.2 Å². The number of rotatable bonds is 15. The average molecular weight is 483 g/mol. The summed E-state index contributed by atoms with van der Waals surface area (Å²) in [4.78, 5) is 24.6. The maximum Gasteiger partial charge on any atom is 0.303 e. The van der Waals surface area contributed by atoms with Crippen molar-refractivity contribution in [1.82, 2.24) is 4.90 Å². The maximum atomic E-state index is 11.5. The molecule has 0 bridgehead atoms. The third kappa shape index (κ3) is 9.70.